The van der Waals surface area contributed by atoms with Crippen molar-refractivity contribution in [3.63, 3.8) is 0 Å². The Bertz CT molecular complexity index is 156. The minimum absolute atomic E-state index is 0.0494. The molecule has 0 radical (unpaired) electrons. The molecule has 0 aliphatic carbocycles. The van der Waals surface area contributed by atoms with Gasteiger partial charge >= 0.3 is 0 Å². The maximum absolute atomic E-state index is 5.81. The minimum Gasteiger partial charge on any atom is -0.374 e. The van der Waals surface area contributed by atoms with Crippen LogP contribution in [-0.4, -0.2) is 24.3 Å². The molecule has 2 heteroatoms. The van der Waals surface area contributed by atoms with Crippen molar-refractivity contribution in [3.8, 4) is 0 Å². The normalized spacial score (nSPS) is 36.0. The molecule has 1 unspecified atom stereocenters. The van der Waals surface area contributed by atoms with E-state index in [1.54, 1.807) is 0 Å². The van der Waals surface area contributed by atoms with Crippen molar-refractivity contribution in [3.05, 3.63) is 0 Å². The Morgan fingerprint density at radius 2 is 2.00 bits per heavy atom. The molecule has 72 valence electrons. The van der Waals surface area contributed by atoms with Gasteiger partial charge in [-0.05, 0) is 33.6 Å². The van der Waals surface area contributed by atoms with Crippen molar-refractivity contribution in [2.45, 2.75) is 51.7 Å². The Kier molecular flexibility index (Phi) is 2.79. The lowest BCUT2D eigenvalue weighted by atomic mass is 10.00. The summed E-state index contributed by atoms with van der Waals surface area (Å²) in [4.78, 5) is 0. The lowest BCUT2D eigenvalue weighted by Crippen LogP contribution is -2.45. The zero-order valence-electron chi connectivity index (χ0n) is 8.74. The zero-order chi connectivity index (χ0) is 9.24. The Morgan fingerprint density at radius 3 is 2.58 bits per heavy atom. The predicted octanol–water partition coefficient (Wildman–Crippen LogP) is 1.94. The molecule has 0 amide bonds. The highest BCUT2D eigenvalue weighted by Crippen LogP contribution is 2.21. The molecule has 2 nitrogen and oxygen atoms in total. The quantitative estimate of drug-likeness (QED) is 0.651. The van der Waals surface area contributed by atoms with Gasteiger partial charge in [0, 0.05) is 18.7 Å². The topological polar surface area (TPSA) is 21.3 Å². The van der Waals surface area contributed by atoms with Gasteiger partial charge < -0.3 is 10.1 Å². The van der Waals surface area contributed by atoms with Crippen LogP contribution in [0.4, 0.5) is 0 Å². The van der Waals surface area contributed by atoms with Gasteiger partial charge in [-0.2, -0.15) is 0 Å². The minimum atomic E-state index is 0.0494. The van der Waals surface area contributed by atoms with Crippen LogP contribution >= 0.6 is 0 Å². The van der Waals surface area contributed by atoms with Gasteiger partial charge in [-0.25, -0.2) is 0 Å². The predicted molar refractivity (Wildman–Crippen MR) is 51.3 cm³/mol. The molecule has 0 saturated carbocycles. The van der Waals surface area contributed by atoms with Crippen LogP contribution < -0.4 is 5.32 Å². The first-order valence-corrected chi connectivity index (χ1v) is 4.86. The highest BCUT2D eigenvalue weighted by molar-refractivity contribution is 4.87. The molecule has 1 aliphatic heterocycles. The summed E-state index contributed by atoms with van der Waals surface area (Å²) in [5.74, 6) is 0. The fraction of sp³-hybridized carbons (Fsp3) is 1.00. The van der Waals surface area contributed by atoms with Crippen molar-refractivity contribution < 1.29 is 4.74 Å². The van der Waals surface area contributed by atoms with Crippen molar-refractivity contribution in [1.29, 1.82) is 0 Å². The standard InChI is InChI=1S/C10H21NO/c1-5-10(4)8-11-9(2,3)6-7-12-10/h11H,5-8H2,1-4H3. The molecule has 1 N–H and O–H groups in total. The molecule has 1 fully saturated rings. The SMILES string of the molecule is CCC1(C)CNC(C)(C)CCO1. The van der Waals surface area contributed by atoms with Gasteiger partial charge in [-0.3, -0.25) is 0 Å². The highest BCUT2D eigenvalue weighted by atomic mass is 16.5. The number of hydrogen-bond donors (Lipinski definition) is 1. The van der Waals surface area contributed by atoms with Gasteiger partial charge in [-0.15, -0.1) is 0 Å². The fourth-order valence-electron chi connectivity index (χ4n) is 1.35. The molecule has 0 aromatic carbocycles. The van der Waals surface area contributed by atoms with Crippen molar-refractivity contribution in [1.82, 2.24) is 5.32 Å². The summed E-state index contributed by atoms with van der Waals surface area (Å²) in [7, 11) is 0. The average molecular weight is 171 g/mol. The second kappa shape index (κ2) is 3.35. The van der Waals surface area contributed by atoms with Crippen LogP contribution in [0.25, 0.3) is 0 Å². The van der Waals surface area contributed by atoms with Gasteiger partial charge in [0.25, 0.3) is 0 Å². The second-order valence-electron chi connectivity index (χ2n) is 4.64. The van der Waals surface area contributed by atoms with E-state index in [1.165, 1.54) is 0 Å². The molecule has 12 heavy (non-hydrogen) atoms. The van der Waals surface area contributed by atoms with E-state index in [1.807, 2.05) is 0 Å². The first-order valence-electron chi connectivity index (χ1n) is 4.86. The summed E-state index contributed by atoms with van der Waals surface area (Å²) in [6, 6.07) is 0. The maximum Gasteiger partial charge on any atom is 0.0775 e. The lowest BCUT2D eigenvalue weighted by Gasteiger charge is -2.28. The molecule has 1 atom stereocenters. The number of rotatable bonds is 1. The summed E-state index contributed by atoms with van der Waals surface area (Å²) in [6.45, 7) is 10.7. The van der Waals surface area contributed by atoms with Crippen LogP contribution in [0, 0.1) is 0 Å². The largest absolute Gasteiger partial charge is 0.374 e. The van der Waals surface area contributed by atoms with E-state index in [2.05, 4.69) is 33.0 Å². The van der Waals surface area contributed by atoms with Crippen LogP contribution in [0.1, 0.15) is 40.5 Å². The molecule has 1 aliphatic rings. The molecular weight excluding hydrogens is 150 g/mol. The number of ether oxygens (including phenoxy) is 1. The summed E-state index contributed by atoms with van der Waals surface area (Å²) < 4.78 is 5.81. The van der Waals surface area contributed by atoms with Gasteiger partial charge in [0.2, 0.25) is 0 Å². The van der Waals surface area contributed by atoms with Gasteiger partial charge in [0.1, 0.15) is 0 Å². The Labute approximate surface area is 75.7 Å². The van der Waals surface area contributed by atoms with Gasteiger partial charge in [0.05, 0.1) is 5.60 Å². The van der Waals surface area contributed by atoms with E-state index in [0.717, 1.165) is 26.0 Å². The number of hydrogen-bond acceptors (Lipinski definition) is 2. The molecular formula is C10H21NO. The van der Waals surface area contributed by atoms with E-state index in [0.29, 0.717) is 0 Å². The van der Waals surface area contributed by atoms with Gasteiger partial charge in [-0.1, -0.05) is 6.92 Å². The fourth-order valence-corrected chi connectivity index (χ4v) is 1.35. The van der Waals surface area contributed by atoms with E-state index in [4.69, 9.17) is 4.74 Å². The smallest absolute Gasteiger partial charge is 0.0775 e. The third kappa shape index (κ3) is 2.46. The molecule has 0 spiro atoms. The number of nitrogens with one attached hydrogen (secondary N) is 1. The third-order valence-electron chi connectivity index (χ3n) is 2.87. The zero-order valence-corrected chi connectivity index (χ0v) is 8.74. The van der Waals surface area contributed by atoms with Crippen LogP contribution in [0.3, 0.4) is 0 Å². The van der Waals surface area contributed by atoms with Gasteiger partial charge in [0.15, 0.2) is 0 Å². The highest BCUT2D eigenvalue weighted by Gasteiger charge is 2.30. The van der Waals surface area contributed by atoms with E-state index < -0.39 is 0 Å². The maximum atomic E-state index is 5.81. The second-order valence-corrected chi connectivity index (χ2v) is 4.64. The van der Waals surface area contributed by atoms with E-state index in [9.17, 15) is 0 Å². The first kappa shape index (κ1) is 10.0. The van der Waals surface area contributed by atoms with Crippen molar-refractivity contribution in [2.75, 3.05) is 13.2 Å². The summed E-state index contributed by atoms with van der Waals surface area (Å²) in [5, 5.41) is 3.54. The van der Waals surface area contributed by atoms with Crippen molar-refractivity contribution in [2.24, 2.45) is 0 Å². The van der Waals surface area contributed by atoms with Crippen LogP contribution in [0.2, 0.25) is 0 Å². The van der Waals surface area contributed by atoms with Crippen molar-refractivity contribution >= 4 is 0 Å². The van der Waals surface area contributed by atoms with Crippen LogP contribution in [-0.2, 0) is 4.74 Å². The summed E-state index contributed by atoms with van der Waals surface area (Å²) >= 11 is 0. The molecule has 1 saturated heterocycles. The van der Waals surface area contributed by atoms with Crippen LogP contribution in [0.15, 0.2) is 0 Å². The Morgan fingerprint density at radius 1 is 1.33 bits per heavy atom. The summed E-state index contributed by atoms with van der Waals surface area (Å²) in [6.07, 6.45) is 2.18. The van der Waals surface area contributed by atoms with E-state index in [-0.39, 0.29) is 11.1 Å². The first-order chi connectivity index (χ1) is 5.47. The third-order valence-corrected chi connectivity index (χ3v) is 2.87. The van der Waals surface area contributed by atoms with E-state index >= 15 is 0 Å². The summed E-state index contributed by atoms with van der Waals surface area (Å²) in [5.41, 5.74) is 0.292. The Hall–Kier alpha value is -0.0800. The Balaban J connectivity index is 2.56. The van der Waals surface area contributed by atoms with Crippen LogP contribution in [0.5, 0.6) is 0 Å². The lowest BCUT2D eigenvalue weighted by molar-refractivity contribution is -0.0215. The average Bonchev–Trinajstić information content (AvgIpc) is 2.13. The monoisotopic (exact) mass is 171 g/mol. The molecule has 1 heterocycles. The molecule has 0 aromatic rings. The molecule has 0 bridgehead atoms. The molecule has 0 aromatic heterocycles. The molecule has 1 rings (SSSR count).